The maximum Gasteiger partial charge on any atom is 0.325 e. The molecule has 21 heavy (non-hydrogen) atoms. The number of carbonyl (C=O) groups is 1. The zero-order chi connectivity index (χ0) is 15.3. The molecule has 0 heterocycles. The van der Waals surface area contributed by atoms with E-state index in [0.29, 0.717) is 19.6 Å². The van der Waals surface area contributed by atoms with Crippen molar-refractivity contribution in [3.05, 3.63) is 42.5 Å². The summed E-state index contributed by atoms with van der Waals surface area (Å²) in [5.41, 5.74) is 4.93. The first-order chi connectivity index (χ1) is 10.0. The van der Waals surface area contributed by atoms with Gasteiger partial charge in [-0.25, -0.2) is 0 Å². The first-order valence-electron chi connectivity index (χ1n) is 7.10. The van der Waals surface area contributed by atoms with Crippen LogP contribution in [0.5, 0.6) is 5.75 Å². The van der Waals surface area contributed by atoms with E-state index in [2.05, 4.69) is 6.07 Å². The van der Waals surface area contributed by atoms with Crippen LogP contribution in [0.3, 0.4) is 0 Å². The smallest absolute Gasteiger partial charge is 0.325 e. The van der Waals surface area contributed by atoms with Gasteiger partial charge < -0.3 is 15.2 Å². The van der Waals surface area contributed by atoms with Crippen molar-refractivity contribution in [2.24, 2.45) is 5.73 Å². The second-order valence-corrected chi connectivity index (χ2v) is 5.25. The molecule has 0 aromatic heterocycles. The monoisotopic (exact) mass is 287 g/mol. The molecular weight excluding hydrogens is 266 g/mol. The Labute approximate surface area is 124 Å². The van der Waals surface area contributed by atoms with Gasteiger partial charge in [0, 0.05) is 6.42 Å². The molecule has 0 aliphatic rings. The topological polar surface area (TPSA) is 61.5 Å². The maximum absolute atomic E-state index is 11.7. The van der Waals surface area contributed by atoms with Crippen LogP contribution in [-0.2, 0) is 9.53 Å². The molecule has 0 aliphatic carbocycles. The highest BCUT2D eigenvalue weighted by atomic mass is 16.5. The van der Waals surface area contributed by atoms with E-state index in [0.717, 1.165) is 11.1 Å². The average molecular weight is 287 g/mol. The van der Waals surface area contributed by atoms with Crippen LogP contribution in [-0.4, -0.2) is 24.7 Å². The van der Waals surface area contributed by atoms with Gasteiger partial charge in [-0.2, -0.15) is 0 Å². The number of ether oxygens (including phenoxy) is 2. The fraction of sp³-hybridized carbons (Fsp3) is 0.353. The summed E-state index contributed by atoms with van der Waals surface area (Å²) in [6, 6.07) is 14.0. The molecule has 112 valence electrons. The van der Waals surface area contributed by atoms with E-state index in [1.165, 1.54) is 5.39 Å². The van der Waals surface area contributed by atoms with Gasteiger partial charge >= 0.3 is 5.97 Å². The standard InChI is InChI=1S/C17H21NO3/c1-3-20-16(19)17(2,18)10-11-21-15-9-8-13-6-4-5-7-14(13)12-15/h4-9,12H,3,10-11,18H2,1-2H3. The highest BCUT2D eigenvalue weighted by molar-refractivity contribution is 5.83. The van der Waals surface area contributed by atoms with E-state index in [-0.39, 0.29) is 0 Å². The molecule has 0 spiro atoms. The van der Waals surface area contributed by atoms with E-state index in [4.69, 9.17) is 15.2 Å². The number of hydrogen-bond acceptors (Lipinski definition) is 4. The Bertz CT molecular complexity index is 622. The summed E-state index contributed by atoms with van der Waals surface area (Å²) in [4.78, 5) is 11.7. The Morgan fingerprint density at radius 1 is 1.19 bits per heavy atom. The molecule has 2 rings (SSSR count). The summed E-state index contributed by atoms with van der Waals surface area (Å²) in [5, 5.41) is 2.29. The summed E-state index contributed by atoms with van der Waals surface area (Å²) in [7, 11) is 0. The normalized spacial score (nSPS) is 13.7. The van der Waals surface area contributed by atoms with Gasteiger partial charge in [0.15, 0.2) is 0 Å². The summed E-state index contributed by atoms with van der Waals surface area (Å²) in [6.45, 7) is 4.12. The lowest BCUT2D eigenvalue weighted by molar-refractivity contribution is -0.149. The zero-order valence-corrected chi connectivity index (χ0v) is 12.5. The molecule has 0 fully saturated rings. The van der Waals surface area contributed by atoms with Gasteiger partial charge in [-0.3, -0.25) is 4.79 Å². The van der Waals surface area contributed by atoms with Crippen molar-refractivity contribution < 1.29 is 14.3 Å². The molecule has 2 aromatic carbocycles. The number of hydrogen-bond donors (Lipinski definition) is 1. The van der Waals surface area contributed by atoms with Crippen molar-refractivity contribution in [3.63, 3.8) is 0 Å². The maximum atomic E-state index is 11.7. The number of rotatable bonds is 6. The Balaban J connectivity index is 1.94. The molecule has 0 saturated carbocycles. The average Bonchev–Trinajstić information content (AvgIpc) is 2.47. The van der Waals surface area contributed by atoms with Gasteiger partial charge in [-0.1, -0.05) is 30.3 Å². The number of esters is 1. The fourth-order valence-electron chi connectivity index (χ4n) is 2.04. The van der Waals surface area contributed by atoms with Gasteiger partial charge in [-0.05, 0) is 36.8 Å². The van der Waals surface area contributed by atoms with E-state index in [9.17, 15) is 4.79 Å². The number of fused-ring (bicyclic) bond motifs is 1. The molecule has 2 N–H and O–H groups in total. The second kappa shape index (κ2) is 6.59. The summed E-state index contributed by atoms with van der Waals surface area (Å²) in [5.74, 6) is 0.375. The molecule has 0 radical (unpaired) electrons. The Morgan fingerprint density at radius 2 is 1.90 bits per heavy atom. The van der Waals surface area contributed by atoms with Crippen LogP contribution in [0, 0.1) is 0 Å². The van der Waals surface area contributed by atoms with Gasteiger partial charge in [0.2, 0.25) is 0 Å². The molecule has 4 nitrogen and oxygen atoms in total. The highest BCUT2D eigenvalue weighted by Gasteiger charge is 2.29. The van der Waals surface area contributed by atoms with Crippen molar-refractivity contribution in [2.45, 2.75) is 25.8 Å². The van der Waals surface area contributed by atoms with Crippen molar-refractivity contribution in [2.75, 3.05) is 13.2 Å². The van der Waals surface area contributed by atoms with Crippen LogP contribution >= 0.6 is 0 Å². The third-order valence-electron chi connectivity index (χ3n) is 3.35. The lowest BCUT2D eigenvalue weighted by Gasteiger charge is -2.22. The minimum Gasteiger partial charge on any atom is -0.493 e. The minimum absolute atomic E-state index is 0.331. The van der Waals surface area contributed by atoms with Gasteiger partial charge in [0.1, 0.15) is 11.3 Å². The van der Waals surface area contributed by atoms with Gasteiger partial charge in [-0.15, -0.1) is 0 Å². The molecular formula is C17H21NO3. The first-order valence-corrected chi connectivity index (χ1v) is 7.10. The van der Waals surface area contributed by atoms with E-state index in [1.54, 1.807) is 13.8 Å². The quantitative estimate of drug-likeness (QED) is 0.830. The number of carbonyl (C=O) groups excluding carboxylic acids is 1. The van der Waals surface area contributed by atoms with Crippen LogP contribution in [0.15, 0.2) is 42.5 Å². The van der Waals surface area contributed by atoms with Crippen LogP contribution in [0.25, 0.3) is 10.8 Å². The molecule has 2 aromatic rings. The summed E-state index contributed by atoms with van der Waals surface area (Å²) in [6.07, 6.45) is 0.401. The molecule has 0 bridgehead atoms. The Morgan fingerprint density at radius 3 is 2.62 bits per heavy atom. The molecule has 1 atom stereocenters. The van der Waals surface area contributed by atoms with Crippen molar-refractivity contribution in [1.29, 1.82) is 0 Å². The molecule has 1 unspecified atom stereocenters. The summed E-state index contributed by atoms with van der Waals surface area (Å²) < 4.78 is 10.6. The van der Waals surface area contributed by atoms with Crippen LogP contribution < -0.4 is 10.5 Å². The predicted molar refractivity (Wildman–Crippen MR) is 83.3 cm³/mol. The van der Waals surface area contributed by atoms with Crippen molar-refractivity contribution >= 4 is 16.7 Å². The van der Waals surface area contributed by atoms with Crippen molar-refractivity contribution in [3.8, 4) is 5.75 Å². The molecule has 0 aliphatic heterocycles. The van der Waals surface area contributed by atoms with Crippen LogP contribution in [0.4, 0.5) is 0 Å². The highest BCUT2D eigenvalue weighted by Crippen LogP contribution is 2.21. The van der Waals surface area contributed by atoms with Crippen LogP contribution in [0.2, 0.25) is 0 Å². The largest absolute Gasteiger partial charge is 0.493 e. The lowest BCUT2D eigenvalue weighted by Crippen LogP contribution is -2.47. The zero-order valence-electron chi connectivity index (χ0n) is 12.5. The fourth-order valence-corrected chi connectivity index (χ4v) is 2.04. The number of benzene rings is 2. The third kappa shape index (κ3) is 3.95. The molecule has 4 heteroatoms. The van der Waals surface area contributed by atoms with Crippen molar-refractivity contribution in [1.82, 2.24) is 0 Å². The van der Waals surface area contributed by atoms with Gasteiger partial charge in [0.25, 0.3) is 0 Å². The lowest BCUT2D eigenvalue weighted by atomic mass is 10.0. The Kier molecular flexibility index (Phi) is 4.81. The number of nitrogens with two attached hydrogens (primary N) is 1. The van der Waals surface area contributed by atoms with Gasteiger partial charge in [0.05, 0.1) is 13.2 Å². The first kappa shape index (κ1) is 15.3. The van der Waals surface area contributed by atoms with E-state index >= 15 is 0 Å². The van der Waals surface area contributed by atoms with E-state index < -0.39 is 11.5 Å². The molecule has 0 saturated heterocycles. The SMILES string of the molecule is CCOC(=O)C(C)(N)CCOc1ccc2ccccc2c1. The van der Waals surface area contributed by atoms with E-state index in [1.807, 2.05) is 36.4 Å². The van der Waals surface area contributed by atoms with Crippen LogP contribution in [0.1, 0.15) is 20.3 Å². The molecule has 0 amide bonds. The predicted octanol–water partition coefficient (Wildman–Crippen LogP) is 2.89. The Hall–Kier alpha value is -2.07. The second-order valence-electron chi connectivity index (χ2n) is 5.25. The minimum atomic E-state index is -1.02. The third-order valence-corrected chi connectivity index (χ3v) is 3.35. The summed E-state index contributed by atoms with van der Waals surface area (Å²) >= 11 is 0.